The number of aliphatic hydroxyl groups is 1. The Morgan fingerprint density at radius 3 is 2.52 bits per heavy atom. The minimum atomic E-state index is -0.889. The van der Waals surface area contributed by atoms with Crippen LogP contribution in [0.15, 0.2) is 60.7 Å². The molecule has 3 aliphatic carbocycles. The third-order valence-corrected chi connectivity index (χ3v) is 10.6. The summed E-state index contributed by atoms with van der Waals surface area (Å²) in [7, 11) is 1.51. The molecule has 0 amide bonds. The molecular weight excluding hydrogens is 552 g/mol. The fourth-order valence-electron chi connectivity index (χ4n) is 8.55. The zero-order chi connectivity index (χ0) is 30.8. The molecule has 0 bridgehead atoms. The standard InChI is InChI=1S/C38H42O6/c1-44-37-20-26(14-16-33(37)40)30-21-29(39)22-34(41)31(12-7-10-25(30)18-24-8-3-2-4-9-24)38-17-6-5-11-28(38)15-13-27-19-35(42)36(43)23-32(27)38/h2-4,8-9,14,16,19-20,23,25,28,30-31,34,40-43H,5-6,11-13,15,17-18,21-22H2,1H3/t25-,28+,30-,31+,34-,38+/m0/s1. The Hall–Kier alpha value is -3.95. The summed E-state index contributed by atoms with van der Waals surface area (Å²) >= 11 is 0. The van der Waals surface area contributed by atoms with E-state index in [0.717, 1.165) is 60.8 Å². The van der Waals surface area contributed by atoms with Gasteiger partial charge in [0.15, 0.2) is 23.0 Å². The van der Waals surface area contributed by atoms with Gasteiger partial charge in [0.25, 0.3) is 0 Å². The molecule has 1 fully saturated rings. The molecule has 6 atom stereocenters. The second-order valence-electron chi connectivity index (χ2n) is 13.0. The zero-order valence-electron chi connectivity index (χ0n) is 25.3. The number of phenolic OH excluding ortho intramolecular Hbond substituents is 3. The number of ether oxygens (including phenoxy) is 1. The predicted octanol–water partition coefficient (Wildman–Crippen LogP) is 6.56. The van der Waals surface area contributed by atoms with Crippen LogP contribution in [0.1, 0.15) is 79.5 Å². The van der Waals surface area contributed by atoms with Gasteiger partial charge in [0, 0.05) is 42.4 Å². The van der Waals surface area contributed by atoms with Gasteiger partial charge in [0.05, 0.1) is 13.2 Å². The van der Waals surface area contributed by atoms with E-state index >= 15 is 0 Å². The average Bonchev–Trinajstić information content (AvgIpc) is 3.02. The number of rotatable bonds is 5. The topological polar surface area (TPSA) is 107 Å². The maximum Gasteiger partial charge on any atom is 0.160 e. The lowest BCUT2D eigenvalue weighted by Gasteiger charge is -2.54. The van der Waals surface area contributed by atoms with Crippen molar-refractivity contribution in [2.75, 3.05) is 7.11 Å². The van der Waals surface area contributed by atoms with Crippen molar-refractivity contribution in [3.8, 4) is 34.8 Å². The van der Waals surface area contributed by atoms with Crippen molar-refractivity contribution in [3.05, 3.63) is 82.9 Å². The molecule has 3 aliphatic rings. The lowest BCUT2D eigenvalue weighted by atomic mass is 9.50. The van der Waals surface area contributed by atoms with Crippen LogP contribution < -0.4 is 4.74 Å². The minimum Gasteiger partial charge on any atom is -0.504 e. The van der Waals surface area contributed by atoms with Gasteiger partial charge in [-0.2, -0.15) is 0 Å². The average molecular weight is 595 g/mol. The molecule has 0 saturated heterocycles. The fraction of sp³-hybridized carbons (Fsp3) is 0.447. The van der Waals surface area contributed by atoms with Crippen molar-refractivity contribution in [1.82, 2.24) is 0 Å². The van der Waals surface area contributed by atoms with Gasteiger partial charge in [-0.15, -0.1) is 5.92 Å². The monoisotopic (exact) mass is 594 g/mol. The van der Waals surface area contributed by atoms with Crippen LogP contribution in [0.25, 0.3) is 0 Å². The molecule has 6 heteroatoms. The molecule has 6 rings (SSSR count). The quantitative estimate of drug-likeness (QED) is 0.197. The van der Waals surface area contributed by atoms with Crippen molar-refractivity contribution < 1.29 is 30.0 Å². The van der Waals surface area contributed by atoms with Crippen LogP contribution in [-0.4, -0.2) is 39.4 Å². The maximum absolute atomic E-state index is 13.9. The van der Waals surface area contributed by atoms with Crippen LogP contribution in [0, 0.1) is 29.6 Å². The summed E-state index contributed by atoms with van der Waals surface area (Å²) in [6.07, 6.45) is 6.23. The number of hydrogen-bond donors (Lipinski definition) is 4. The Bertz CT molecular complexity index is 1570. The fourth-order valence-corrected chi connectivity index (χ4v) is 8.55. The van der Waals surface area contributed by atoms with Crippen LogP contribution in [-0.2, 0) is 23.1 Å². The van der Waals surface area contributed by atoms with Gasteiger partial charge in [-0.3, -0.25) is 4.79 Å². The van der Waals surface area contributed by atoms with Crippen molar-refractivity contribution in [1.29, 1.82) is 0 Å². The zero-order valence-corrected chi connectivity index (χ0v) is 25.3. The predicted molar refractivity (Wildman–Crippen MR) is 169 cm³/mol. The first kappa shape index (κ1) is 30.1. The summed E-state index contributed by atoms with van der Waals surface area (Å²) in [6, 6.07) is 18.8. The highest BCUT2D eigenvalue weighted by Gasteiger charge is 2.53. The van der Waals surface area contributed by atoms with E-state index in [0.29, 0.717) is 24.5 Å². The number of carbonyl (C=O) groups excluding carboxylic acids is 1. The summed E-state index contributed by atoms with van der Waals surface area (Å²) in [5.41, 5.74) is 3.60. The van der Waals surface area contributed by atoms with E-state index in [-0.39, 0.29) is 53.6 Å². The van der Waals surface area contributed by atoms with E-state index in [4.69, 9.17) is 4.74 Å². The van der Waals surface area contributed by atoms with Gasteiger partial charge in [0.1, 0.15) is 5.78 Å². The van der Waals surface area contributed by atoms with Crippen LogP contribution >= 0.6 is 0 Å². The SMILES string of the molecule is COc1cc([C@H]2CC(=O)C[C@H](O)[C@H]([C@@]34CCCC[C@@H]3CCc3cc(O)c(O)cc34)CC#C[C@H]2Cc2ccccc2)ccc1O. The van der Waals surface area contributed by atoms with Crippen molar-refractivity contribution in [2.24, 2.45) is 17.8 Å². The van der Waals surface area contributed by atoms with Crippen LogP contribution in [0.2, 0.25) is 0 Å². The summed E-state index contributed by atoms with van der Waals surface area (Å²) in [5, 5.41) is 43.1. The maximum atomic E-state index is 13.9. The molecule has 0 spiro atoms. The minimum absolute atomic E-state index is 0.0188. The van der Waals surface area contributed by atoms with Crippen LogP contribution in [0.5, 0.6) is 23.0 Å². The number of Topliss-reactive ketones (excluding diaryl/α,β-unsaturated/α-hetero) is 1. The molecule has 0 aliphatic heterocycles. The first-order valence-corrected chi connectivity index (χ1v) is 15.9. The summed E-state index contributed by atoms with van der Waals surface area (Å²) in [6.45, 7) is 0. The molecular formula is C38H42O6. The highest BCUT2D eigenvalue weighted by molar-refractivity contribution is 5.80. The number of aryl methyl sites for hydroxylation is 1. The number of aromatic hydroxyl groups is 3. The van der Waals surface area contributed by atoms with E-state index in [1.54, 1.807) is 24.3 Å². The molecule has 3 aromatic rings. The van der Waals surface area contributed by atoms with Crippen LogP contribution in [0.4, 0.5) is 0 Å². The van der Waals surface area contributed by atoms with Crippen molar-refractivity contribution in [2.45, 2.75) is 81.6 Å². The molecule has 3 aromatic carbocycles. The van der Waals surface area contributed by atoms with E-state index in [2.05, 4.69) is 24.0 Å². The van der Waals surface area contributed by atoms with Gasteiger partial charge in [-0.25, -0.2) is 0 Å². The van der Waals surface area contributed by atoms with E-state index in [1.807, 2.05) is 24.3 Å². The number of fused-ring (bicyclic) bond motifs is 3. The molecule has 1 saturated carbocycles. The van der Waals surface area contributed by atoms with E-state index < -0.39 is 11.5 Å². The molecule has 0 heterocycles. The summed E-state index contributed by atoms with van der Waals surface area (Å²) < 4.78 is 5.41. The first-order chi connectivity index (χ1) is 21.3. The highest BCUT2D eigenvalue weighted by atomic mass is 16.5. The lowest BCUT2D eigenvalue weighted by molar-refractivity contribution is -0.123. The third kappa shape index (κ3) is 5.66. The Labute approximate surface area is 259 Å². The second kappa shape index (κ2) is 12.6. The molecule has 4 N–H and O–H groups in total. The lowest BCUT2D eigenvalue weighted by Crippen LogP contribution is -2.51. The van der Waals surface area contributed by atoms with Gasteiger partial charge in [0.2, 0.25) is 0 Å². The smallest absolute Gasteiger partial charge is 0.160 e. The van der Waals surface area contributed by atoms with E-state index in [1.165, 1.54) is 7.11 Å². The number of phenols is 3. The normalized spacial score (nSPS) is 28.6. The molecule has 0 unspecified atom stereocenters. The number of methoxy groups -OCH3 is 1. The highest BCUT2D eigenvalue weighted by Crippen LogP contribution is 2.57. The van der Waals surface area contributed by atoms with Crippen molar-refractivity contribution >= 4 is 5.78 Å². The largest absolute Gasteiger partial charge is 0.504 e. The van der Waals surface area contributed by atoms with Gasteiger partial charge < -0.3 is 25.2 Å². The Balaban J connectivity index is 1.44. The molecule has 0 radical (unpaired) electrons. The second-order valence-corrected chi connectivity index (χ2v) is 13.0. The third-order valence-electron chi connectivity index (χ3n) is 10.6. The number of ketones is 1. The number of aliphatic hydroxyl groups excluding tert-OH is 1. The van der Waals surface area contributed by atoms with Gasteiger partial charge in [-0.05, 0) is 84.5 Å². The van der Waals surface area contributed by atoms with E-state index in [9.17, 15) is 25.2 Å². The van der Waals surface area contributed by atoms with Gasteiger partial charge in [-0.1, -0.05) is 55.2 Å². The molecule has 230 valence electrons. The number of benzene rings is 3. The van der Waals surface area contributed by atoms with Gasteiger partial charge >= 0.3 is 0 Å². The Kier molecular flexibility index (Phi) is 8.60. The summed E-state index contributed by atoms with van der Waals surface area (Å²) in [4.78, 5) is 13.9. The van der Waals surface area contributed by atoms with Crippen LogP contribution in [0.3, 0.4) is 0 Å². The molecule has 6 nitrogen and oxygen atoms in total. The Morgan fingerprint density at radius 2 is 1.73 bits per heavy atom. The summed E-state index contributed by atoms with van der Waals surface area (Å²) in [5.74, 6) is 6.84. The Morgan fingerprint density at radius 1 is 0.932 bits per heavy atom. The number of hydrogen-bond acceptors (Lipinski definition) is 6. The van der Waals surface area contributed by atoms with Crippen molar-refractivity contribution in [3.63, 3.8) is 0 Å². The number of carbonyl (C=O) groups is 1. The first-order valence-electron chi connectivity index (χ1n) is 15.9. The molecule has 0 aromatic heterocycles. The molecule has 44 heavy (non-hydrogen) atoms.